The van der Waals surface area contributed by atoms with Gasteiger partial charge in [0.1, 0.15) is 12.7 Å². The number of aliphatic hydroxyl groups is 3. The van der Waals surface area contributed by atoms with Gasteiger partial charge in [-0.25, -0.2) is 0 Å². The number of carboxylic acids is 1. The zero-order valence-corrected chi connectivity index (χ0v) is 18.9. The molecule has 0 aromatic rings. The molecule has 178 valence electrons. The molecule has 4 N–H and O–H groups in total. The third kappa shape index (κ3) is 28.8. The number of aliphatic hydroxyl groups excluding tert-OH is 3. The molecule has 0 fully saturated rings. The summed E-state index contributed by atoms with van der Waals surface area (Å²) in [7, 11) is 0. The van der Waals surface area contributed by atoms with E-state index in [9.17, 15) is 14.7 Å². The molecule has 2 atom stereocenters. The zero-order chi connectivity index (χ0) is 23.0. The Hall–Kier alpha value is -1.44. The lowest BCUT2D eigenvalue weighted by molar-refractivity contribution is -0.144. The van der Waals surface area contributed by atoms with Crippen LogP contribution in [0.5, 0.6) is 0 Å². The first-order valence-corrected chi connectivity index (χ1v) is 11.3. The van der Waals surface area contributed by atoms with Gasteiger partial charge in [-0.3, -0.25) is 9.59 Å². The summed E-state index contributed by atoms with van der Waals surface area (Å²) < 4.78 is 4.35. The van der Waals surface area contributed by atoms with E-state index in [0.29, 0.717) is 6.42 Å². The molecule has 0 aromatic heterocycles. The summed E-state index contributed by atoms with van der Waals surface area (Å²) >= 11 is 0. The summed E-state index contributed by atoms with van der Waals surface area (Å²) in [5, 5.41) is 35.1. The lowest BCUT2D eigenvalue weighted by Crippen LogP contribution is -2.20. The van der Waals surface area contributed by atoms with Crippen molar-refractivity contribution in [2.45, 2.75) is 110 Å². The second-order valence-corrected chi connectivity index (χ2v) is 7.55. The van der Waals surface area contributed by atoms with E-state index in [1.807, 2.05) is 0 Å². The normalized spacial score (nSPS) is 12.8. The smallest absolute Gasteiger partial charge is 0.303 e. The number of hydrogen-bond acceptors (Lipinski definition) is 6. The van der Waals surface area contributed by atoms with E-state index in [0.717, 1.165) is 51.4 Å². The maximum Gasteiger partial charge on any atom is 0.303 e. The van der Waals surface area contributed by atoms with Crippen LogP contribution in [0.2, 0.25) is 0 Å². The lowest BCUT2D eigenvalue weighted by Gasteiger charge is -2.07. The Morgan fingerprint density at radius 2 is 1.53 bits per heavy atom. The first kappa shape index (κ1) is 30.8. The molecule has 0 aliphatic heterocycles. The topological polar surface area (TPSA) is 124 Å². The van der Waals surface area contributed by atoms with E-state index in [1.54, 1.807) is 0 Å². The van der Waals surface area contributed by atoms with Crippen molar-refractivity contribution >= 4 is 11.9 Å². The van der Waals surface area contributed by atoms with Crippen LogP contribution < -0.4 is 0 Å². The molecule has 0 saturated carbocycles. The van der Waals surface area contributed by atoms with Gasteiger partial charge in [0.25, 0.3) is 0 Å². The molecule has 30 heavy (non-hydrogen) atoms. The van der Waals surface area contributed by atoms with Gasteiger partial charge in [-0.2, -0.15) is 0 Å². The van der Waals surface area contributed by atoms with Gasteiger partial charge in [-0.1, -0.05) is 64.0 Å². The molecule has 0 amide bonds. The number of rotatable bonds is 18. The largest absolute Gasteiger partial charge is 0.481 e. The molecule has 7 nitrogen and oxygen atoms in total. The number of allylic oxidation sites excluding steroid dienone is 1. The Kier molecular flexibility index (Phi) is 24.4. The molecule has 0 aliphatic carbocycles. The van der Waals surface area contributed by atoms with Crippen LogP contribution >= 0.6 is 0 Å². The van der Waals surface area contributed by atoms with Crippen LogP contribution in [-0.4, -0.2) is 57.8 Å². The third-order valence-corrected chi connectivity index (χ3v) is 4.42. The van der Waals surface area contributed by atoms with Crippen molar-refractivity contribution in [3.8, 4) is 0 Å². The first-order valence-electron chi connectivity index (χ1n) is 11.3. The molecule has 0 rings (SSSR count). The van der Waals surface area contributed by atoms with Crippen molar-refractivity contribution in [1.29, 1.82) is 0 Å². The summed E-state index contributed by atoms with van der Waals surface area (Å²) in [6, 6.07) is 0. The van der Waals surface area contributed by atoms with Gasteiger partial charge in [-0.05, 0) is 32.1 Å². The van der Waals surface area contributed by atoms with Crippen LogP contribution in [0.1, 0.15) is 97.3 Å². The van der Waals surface area contributed by atoms with Crippen LogP contribution in [0.25, 0.3) is 0 Å². The molecular weight excluding hydrogens is 388 g/mol. The minimum Gasteiger partial charge on any atom is -0.481 e. The van der Waals surface area contributed by atoms with Crippen LogP contribution in [0.15, 0.2) is 12.2 Å². The number of carbonyl (C=O) groups is 2. The van der Waals surface area contributed by atoms with E-state index >= 15 is 0 Å². The molecular formula is C23H44O7. The summed E-state index contributed by atoms with van der Waals surface area (Å²) in [6.07, 6.45) is 16.4. The predicted octanol–water partition coefficient (Wildman–Crippen LogP) is 3.98. The number of aliphatic carboxylic acids is 1. The first-order chi connectivity index (χ1) is 14.3. The molecule has 0 heterocycles. The molecule has 0 spiro atoms. The fourth-order valence-corrected chi connectivity index (χ4v) is 2.63. The maximum absolute atomic E-state index is 10.3. The van der Waals surface area contributed by atoms with Gasteiger partial charge in [0.2, 0.25) is 0 Å². The van der Waals surface area contributed by atoms with Gasteiger partial charge in [0, 0.05) is 13.3 Å². The minimum absolute atomic E-state index is 0.133. The van der Waals surface area contributed by atoms with Gasteiger partial charge < -0.3 is 25.2 Å². The number of unbranched alkanes of at least 4 members (excludes halogenated alkanes) is 8. The molecule has 0 bridgehead atoms. The van der Waals surface area contributed by atoms with E-state index in [4.69, 9.17) is 15.3 Å². The zero-order valence-electron chi connectivity index (χ0n) is 18.9. The molecule has 0 radical (unpaired) electrons. The SMILES string of the molecule is CC(=O)OCC(O)CO.CCCCCCC(O)C/C=C\CCCCCCCC(=O)O. The van der Waals surface area contributed by atoms with E-state index in [-0.39, 0.29) is 19.3 Å². The standard InChI is InChI=1S/C18H34O3.C5H10O4/c1-2-3-4-11-14-17(19)15-12-9-7-5-6-8-10-13-16-18(20)21;1-4(7)9-3-5(8)2-6/h9,12,17,19H,2-8,10-11,13-16H2,1H3,(H,20,21);5-6,8H,2-3H2,1H3/b12-9-;. The maximum atomic E-state index is 10.3. The summed E-state index contributed by atoms with van der Waals surface area (Å²) in [4.78, 5) is 20.4. The Balaban J connectivity index is 0. The summed E-state index contributed by atoms with van der Waals surface area (Å²) in [5.74, 6) is -1.14. The highest BCUT2D eigenvalue weighted by Gasteiger charge is 2.02. The van der Waals surface area contributed by atoms with Crippen LogP contribution in [0, 0.1) is 0 Å². The van der Waals surface area contributed by atoms with Gasteiger partial charge in [0.05, 0.1) is 12.7 Å². The number of carbonyl (C=O) groups excluding carboxylic acids is 1. The van der Waals surface area contributed by atoms with Crippen molar-refractivity contribution in [2.24, 2.45) is 0 Å². The highest BCUT2D eigenvalue weighted by molar-refractivity contribution is 5.66. The Morgan fingerprint density at radius 3 is 2.13 bits per heavy atom. The second-order valence-electron chi connectivity index (χ2n) is 7.55. The average molecular weight is 433 g/mol. The van der Waals surface area contributed by atoms with Crippen molar-refractivity contribution in [2.75, 3.05) is 13.2 Å². The van der Waals surface area contributed by atoms with Crippen LogP contribution in [0.3, 0.4) is 0 Å². The van der Waals surface area contributed by atoms with Crippen LogP contribution in [0.4, 0.5) is 0 Å². The van der Waals surface area contributed by atoms with Crippen LogP contribution in [-0.2, 0) is 14.3 Å². The van der Waals surface area contributed by atoms with Gasteiger partial charge in [0.15, 0.2) is 0 Å². The number of carboxylic acid groups (broad SMARTS) is 1. The summed E-state index contributed by atoms with van der Waals surface area (Å²) in [5.41, 5.74) is 0. The van der Waals surface area contributed by atoms with E-state index in [2.05, 4.69) is 23.8 Å². The van der Waals surface area contributed by atoms with Crippen molar-refractivity contribution in [1.82, 2.24) is 0 Å². The van der Waals surface area contributed by atoms with Gasteiger partial charge in [-0.15, -0.1) is 0 Å². The molecule has 7 heteroatoms. The summed E-state index contributed by atoms with van der Waals surface area (Å²) in [6.45, 7) is 2.93. The predicted molar refractivity (Wildman–Crippen MR) is 118 cm³/mol. The van der Waals surface area contributed by atoms with Gasteiger partial charge >= 0.3 is 11.9 Å². The fourth-order valence-electron chi connectivity index (χ4n) is 2.63. The Labute approximate surface area is 182 Å². The number of ether oxygens (including phenoxy) is 1. The molecule has 0 aliphatic rings. The quantitative estimate of drug-likeness (QED) is 0.147. The van der Waals surface area contributed by atoms with Crippen molar-refractivity contribution in [3.63, 3.8) is 0 Å². The molecule has 2 unspecified atom stereocenters. The highest BCUT2D eigenvalue weighted by Crippen LogP contribution is 2.10. The number of hydrogen-bond donors (Lipinski definition) is 4. The Morgan fingerprint density at radius 1 is 0.900 bits per heavy atom. The number of esters is 1. The molecule has 0 saturated heterocycles. The molecule has 0 aromatic carbocycles. The van der Waals surface area contributed by atoms with E-state index < -0.39 is 18.0 Å². The van der Waals surface area contributed by atoms with E-state index in [1.165, 1.54) is 32.6 Å². The second kappa shape index (κ2) is 23.8. The highest BCUT2D eigenvalue weighted by atomic mass is 16.5. The van der Waals surface area contributed by atoms with Crippen molar-refractivity contribution < 1.29 is 34.8 Å². The van der Waals surface area contributed by atoms with Crippen molar-refractivity contribution in [3.05, 3.63) is 12.2 Å². The monoisotopic (exact) mass is 432 g/mol. The average Bonchev–Trinajstić information content (AvgIpc) is 2.71. The lowest BCUT2D eigenvalue weighted by atomic mass is 10.1. The fraction of sp³-hybridized carbons (Fsp3) is 0.826. The minimum atomic E-state index is -0.950. The Bertz CT molecular complexity index is 424. The third-order valence-electron chi connectivity index (χ3n) is 4.42.